The van der Waals surface area contributed by atoms with Crippen LogP contribution in [0.25, 0.3) is 16.9 Å². The van der Waals surface area contributed by atoms with Crippen molar-refractivity contribution in [3.63, 3.8) is 0 Å². The lowest BCUT2D eigenvalue weighted by Gasteiger charge is -2.26. The number of cyclic esters (lactones) is 1. The fourth-order valence-electron chi connectivity index (χ4n) is 5.03. The van der Waals surface area contributed by atoms with E-state index in [-0.39, 0.29) is 30.2 Å². The van der Waals surface area contributed by atoms with Crippen molar-refractivity contribution in [2.45, 2.75) is 64.1 Å². The molecule has 0 amide bonds. The Hall–Kier alpha value is -4.04. The predicted molar refractivity (Wildman–Crippen MR) is 149 cm³/mol. The Morgan fingerprint density at radius 1 is 1.15 bits per heavy atom. The minimum absolute atomic E-state index is 0.0365. The Morgan fingerprint density at radius 2 is 1.92 bits per heavy atom. The molecule has 1 fully saturated rings. The van der Waals surface area contributed by atoms with E-state index in [0.29, 0.717) is 25.1 Å². The van der Waals surface area contributed by atoms with Crippen LogP contribution in [0.1, 0.15) is 56.7 Å². The second kappa shape index (κ2) is 11.8. The number of para-hydroxylation sites is 1. The lowest BCUT2D eigenvalue weighted by molar-refractivity contribution is -0.160. The predicted octanol–water partition coefficient (Wildman–Crippen LogP) is 6.33. The molecule has 3 atom stereocenters. The quantitative estimate of drug-likeness (QED) is 0.247. The molecule has 5 rings (SSSR count). The van der Waals surface area contributed by atoms with Gasteiger partial charge in [-0.2, -0.15) is 5.10 Å². The van der Waals surface area contributed by atoms with Gasteiger partial charge in [0.1, 0.15) is 17.7 Å². The van der Waals surface area contributed by atoms with Crippen molar-refractivity contribution >= 4 is 17.5 Å². The van der Waals surface area contributed by atoms with Gasteiger partial charge in [0.15, 0.2) is 0 Å². The van der Waals surface area contributed by atoms with Crippen LogP contribution in [-0.2, 0) is 16.0 Å². The number of aromatic nitrogens is 3. The number of aliphatic hydroxyl groups excluding tert-OH is 1. The summed E-state index contributed by atoms with van der Waals surface area (Å²) < 4.78 is 21.4. The first kappa shape index (κ1) is 26.6. The monoisotopic (exact) mass is 528 g/mol. The van der Waals surface area contributed by atoms with E-state index in [0.717, 1.165) is 40.3 Å². The molecule has 2 aromatic carbocycles. The summed E-state index contributed by atoms with van der Waals surface area (Å²) in [4.78, 5) is 16.4. The Bertz CT molecular complexity index is 1420. The molecule has 4 aromatic rings. The second-order valence-electron chi connectivity index (χ2n) is 10.1. The summed E-state index contributed by atoms with van der Waals surface area (Å²) in [5, 5.41) is 18.5. The van der Waals surface area contributed by atoms with E-state index in [4.69, 9.17) is 9.84 Å². The Labute approximate surface area is 227 Å². The number of rotatable bonds is 9. The largest absolute Gasteiger partial charge is 0.462 e. The summed E-state index contributed by atoms with van der Waals surface area (Å²) in [5.74, 6) is 0.165. The van der Waals surface area contributed by atoms with Crippen LogP contribution in [0.5, 0.6) is 0 Å². The number of carbonyl (C=O) groups is 1. The van der Waals surface area contributed by atoms with Gasteiger partial charge in [-0.25, -0.2) is 14.1 Å². The van der Waals surface area contributed by atoms with Gasteiger partial charge in [-0.1, -0.05) is 32.0 Å². The van der Waals surface area contributed by atoms with E-state index in [1.54, 1.807) is 18.3 Å². The number of anilines is 2. The van der Waals surface area contributed by atoms with Crippen molar-refractivity contribution in [2.75, 3.05) is 5.32 Å². The van der Waals surface area contributed by atoms with E-state index in [1.165, 1.54) is 12.1 Å². The lowest BCUT2D eigenvalue weighted by atomic mass is 9.92. The molecule has 0 spiro atoms. The highest BCUT2D eigenvalue weighted by Gasteiger charge is 2.29. The molecular formula is C31H33FN4O3. The Morgan fingerprint density at radius 3 is 2.64 bits per heavy atom. The van der Waals surface area contributed by atoms with Gasteiger partial charge < -0.3 is 15.2 Å². The Kier molecular flexibility index (Phi) is 8.02. The number of benzene rings is 2. The van der Waals surface area contributed by atoms with E-state index in [2.05, 4.69) is 24.1 Å². The summed E-state index contributed by atoms with van der Waals surface area (Å²) in [6, 6.07) is 20.1. The maximum Gasteiger partial charge on any atom is 0.308 e. The zero-order valence-corrected chi connectivity index (χ0v) is 22.2. The van der Waals surface area contributed by atoms with E-state index >= 15 is 0 Å². The molecule has 1 saturated heterocycles. The van der Waals surface area contributed by atoms with Crippen LogP contribution >= 0.6 is 0 Å². The van der Waals surface area contributed by atoms with Crippen molar-refractivity contribution < 1.29 is 19.0 Å². The molecule has 7 nitrogen and oxygen atoms in total. The van der Waals surface area contributed by atoms with Crippen LogP contribution in [-0.4, -0.2) is 38.0 Å². The summed E-state index contributed by atoms with van der Waals surface area (Å²) in [5.41, 5.74) is 5.42. The van der Waals surface area contributed by atoms with Crippen LogP contribution in [0.3, 0.4) is 0 Å². The van der Waals surface area contributed by atoms with Crippen molar-refractivity contribution in [2.24, 2.45) is 0 Å². The lowest BCUT2D eigenvalue weighted by Crippen LogP contribution is -2.32. The van der Waals surface area contributed by atoms with Crippen molar-refractivity contribution in [1.82, 2.24) is 14.8 Å². The number of nitrogens with zero attached hydrogens (tertiary/aromatic N) is 3. The fraction of sp³-hybridized carbons (Fsp3) is 0.323. The normalized spacial score (nSPS) is 18.0. The molecule has 1 aliphatic rings. The molecule has 0 aliphatic carbocycles. The molecule has 202 valence electrons. The van der Waals surface area contributed by atoms with E-state index in [1.807, 2.05) is 47.1 Å². The van der Waals surface area contributed by atoms with E-state index < -0.39 is 6.10 Å². The van der Waals surface area contributed by atoms with Gasteiger partial charge in [-0.3, -0.25) is 4.79 Å². The third kappa shape index (κ3) is 6.17. The number of nitrogens with one attached hydrogen (secondary N) is 1. The van der Waals surface area contributed by atoms with Gasteiger partial charge in [-0.15, -0.1) is 0 Å². The molecule has 2 N–H and O–H groups in total. The van der Waals surface area contributed by atoms with Crippen LogP contribution in [0.15, 0.2) is 72.9 Å². The zero-order chi connectivity index (χ0) is 27.4. The number of hydrogen-bond donors (Lipinski definition) is 2. The number of ether oxygens (including phenoxy) is 1. The average molecular weight is 529 g/mol. The highest BCUT2D eigenvalue weighted by atomic mass is 19.1. The SMILES string of the molecule is CCC(C)c1nn(-c2ccnc(Nc3ccccc3)c2)c(-c2ccc(F)cc2)c1CC[C@@H]1C[C@@H](O)CC(=O)O1. The standard InChI is InChI=1S/C31H33FN4O3/c1-3-20(2)30-27(14-13-26-18-25(37)19-29(38)39-26)31(21-9-11-22(32)12-10-21)36(35-30)24-15-16-33-28(17-24)34-23-7-5-4-6-8-23/h4-12,15-17,20,25-26,37H,3,13-14,18-19H2,1-2H3,(H,33,34)/t20?,25-,26-/m1/s1. The van der Waals surface area contributed by atoms with Crippen LogP contribution in [0, 0.1) is 5.82 Å². The minimum atomic E-state index is -0.683. The summed E-state index contributed by atoms with van der Waals surface area (Å²) in [6.45, 7) is 4.27. The molecule has 0 saturated carbocycles. The van der Waals surface area contributed by atoms with Crippen molar-refractivity contribution in [3.8, 4) is 16.9 Å². The minimum Gasteiger partial charge on any atom is -0.462 e. The average Bonchev–Trinajstić information content (AvgIpc) is 3.31. The maximum atomic E-state index is 13.9. The molecule has 0 bridgehead atoms. The summed E-state index contributed by atoms with van der Waals surface area (Å²) in [6.07, 6.45) is 3.19. The smallest absolute Gasteiger partial charge is 0.308 e. The zero-order valence-electron chi connectivity index (χ0n) is 22.2. The third-order valence-corrected chi connectivity index (χ3v) is 7.20. The first-order valence-corrected chi connectivity index (χ1v) is 13.4. The molecule has 8 heteroatoms. The molecular weight excluding hydrogens is 495 g/mol. The first-order chi connectivity index (χ1) is 18.9. The van der Waals surface area contributed by atoms with E-state index in [9.17, 15) is 14.3 Å². The number of pyridine rings is 1. The Balaban J connectivity index is 1.58. The molecule has 2 aromatic heterocycles. The van der Waals surface area contributed by atoms with Gasteiger partial charge in [0.05, 0.1) is 29.6 Å². The van der Waals surface area contributed by atoms with Crippen molar-refractivity contribution in [1.29, 1.82) is 0 Å². The topological polar surface area (TPSA) is 89.3 Å². The number of esters is 1. The molecule has 1 unspecified atom stereocenters. The van der Waals surface area contributed by atoms with Gasteiger partial charge >= 0.3 is 5.97 Å². The number of aliphatic hydroxyl groups is 1. The third-order valence-electron chi connectivity index (χ3n) is 7.20. The van der Waals surface area contributed by atoms with Gasteiger partial charge in [0.25, 0.3) is 0 Å². The van der Waals surface area contributed by atoms with Gasteiger partial charge in [-0.05, 0) is 61.7 Å². The maximum absolute atomic E-state index is 13.9. The van der Waals surface area contributed by atoms with Crippen LogP contribution in [0.4, 0.5) is 15.9 Å². The highest BCUT2D eigenvalue weighted by Crippen LogP contribution is 2.36. The molecule has 1 aliphatic heterocycles. The van der Waals surface area contributed by atoms with Gasteiger partial charge in [0.2, 0.25) is 0 Å². The first-order valence-electron chi connectivity index (χ1n) is 13.4. The second-order valence-corrected chi connectivity index (χ2v) is 10.1. The molecule has 3 heterocycles. The molecule has 0 radical (unpaired) electrons. The molecule has 39 heavy (non-hydrogen) atoms. The number of hydrogen-bond acceptors (Lipinski definition) is 6. The number of halogens is 1. The highest BCUT2D eigenvalue weighted by molar-refractivity contribution is 5.71. The van der Waals surface area contributed by atoms with Crippen molar-refractivity contribution in [3.05, 3.63) is 90.0 Å². The van der Waals surface area contributed by atoms with Crippen LogP contribution in [0.2, 0.25) is 0 Å². The summed E-state index contributed by atoms with van der Waals surface area (Å²) >= 11 is 0. The van der Waals surface area contributed by atoms with Gasteiger partial charge in [0, 0.05) is 41.4 Å². The summed E-state index contributed by atoms with van der Waals surface area (Å²) in [7, 11) is 0. The number of carbonyl (C=O) groups excluding carboxylic acids is 1. The van der Waals surface area contributed by atoms with Crippen LogP contribution < -0.4 is 5.32 Å². The fourth-order valence-corrected chi connectivity index (χ4v) is 5.03.